The molecular formula is C36H48O4S2. The average molecular weight is 609 g/mol. The van der Waals surface area contributed by atoms with Crippen LogP contribution in [0, 0.1) is 0 Å². The summed E-state index contributed by atoms with van der Waals surface area (Å²) in [7, 11) is 0. The van der Waals surface area contributed by atoms with Crippen molar-refractivity contribution in [2.24, 2.45) is 0 Å². The zero-order valence-electron chi connectivity index (χ0n) is 24.9. The van der Waals surface area contributed by atoms with Gasteiger partial charge in [-0.3, -0.25) is 0 Å². The highest BCUT2D eigenvalue weighted by Gasteiger charge is 2.23. The van der Waals surface area contributed by atoms with Crippen LogP contribution in [0.5, 0.6) is 0 Å². The van der Waals surface area contributed by atoms with Gasteiger partial charge in [-0.1, -0.05) is 104 Å². The maximum absolute atomic E-state index is 11.2. The minimum Gasteiger partial charge on any atom is -0.390 e. The SMILES string of the molecule is O[C@H](CCC1SCCCS1)[C@@H](CCCC[C@@H](CCOCc1ccccc1)OCc1ccccc1)OCc1ccccc1. The van der Waals surface area contributed by atoms with Crippen molar-refractivity contribution in [1.82, 2.24) is 0 Å². The van der Waals surface area contributed by atoms with E-state index in [2.05, 4.69) is 48.5 Å². The van der Waals surface area contributed by atoms with Gasteiger partial charge in [-0.05, 0) is 66.7 Å². The Morgan fingerprint density at radius 2 is 1.19 bits per heavy atom. The monoisotopic (exact) mass is 608 g/mol. The Labute approximate surface area is 261 Å². The van der Waals surface area contributed by atoms with Crippen LogP contribution in [0.3, 0.4) is 0 Å². The summed E-state index contributed by atoms with van der Waals surface area (Å²) >= 11 is 4.10. The summed E-state index contributed by atoms with van der Waals surface area (Å²) in [4.78, 5) is 0. The molecule has 3 atom stereocenters. The second-order valence-electron chi connectivity index (χ2n) is 11.0. The number of hydrogen-bond donors (Lipinski definition) is 1. The predicted octanol–water partition coefficient (Wildman–Crippen LogP) is 8.66. The first-order chi connectivity index (χ1) is 20.8. The lowest BCUT2D eigenvalue weighted by Gasteiger charge is -2.27. The standard InChI is InChI=1S/C36H48O4S2/c37-34(21-22-36-41-25-12-26-42-36)35(40-29-32-17-8-3-9-18-32)20-11-10-19-33(39-28-31-15-6-2-7-16-31)23-24-38-27-30-13-4-1-5-14-30/h1-9,13-18,33-37H,10-12,19-29H2/t33-,34+,35+/m0/s1. The lowest BCUT2D eigenvalue weighted by molar-refractivity contribution is -0.0545. The zero-order valence-corrected chi connectivity index (χ0v) is 26.5. The summed E-state index contributed by atoms with van der Waals surface area (Å²) in [5, 5.41) is 11.2. The minimum absolute atomic E-state index is 0.134. The second kappa shape index (κ2) is 20.2. The Hall–Kier alpha value is -1.80. The average Bonchev–Trinajstić information content (AvgIpc) is 3.05. The van der Waals surface area contributed by atoms with Gasteiger partial charge in [-0.2, -0.15) is 0 Å². The van der Waals surface area contributed by atoms with Gasteiger partial charge in [0.15, 0.2) is 0 Å². The van der Waals surface area contributed by atoms with Crippen LogP contribution >= 0.6 is 23.5 Å². The Balaban J connectivity index is 1.24. The number of aliphatic hydroxyl groups is 1. The van der Waals surface area contributed by atoms with E-state index in [4.69, 9.17) is 14.2 Å². The molecule has 1 aliphatic heterocycles. The third kappa shape index (κ3) is 13.2. The Morgan fingerprint density at radius 3 is 1.81 bits per heavy atom. The third-order valence-corrected chi connectivity index (χ3v) is 10.7. The highest BCUT2D eigenvalue weighted by Crippen LogP contribution is 2.34. The van der Waals surface area contributed by atoms with Crippen LogP contribution in [-0.2, 0) is 34.0 Å². The molecule has 0 unspecified atom stereocenters. The van der Waals surface area contributed by atoms with Crippen molar-refractivity contribution >= 4 is 23.5 Å². The zero-order chi connectivity index (χ0) is 29.1. The van der Waals surface area contributed by atoms with Crippen LogP contribution in [0.25, 0.3) is 0 Å². The fourth-order valence-electron chi connectivity index (χ4n) is 5.16. The quantitative estimate of drug-likeness (QED) is 0.130. The molecule has 0 spiro atoms. The van der Waals surface area contributed by atoms with E-state index in [1.807, 2.05) is 66.0 Å². The van der Waals surface area contributed by atoms with Crippen molar-refractivity contribution in [1.29, 1.82) is 0 Å². The molecular weight excluding hydrogens is 561 g/mol. The largest absolute Gasteiger partial charge is 0.390 e. The molecule has 0 saturated carbocycles. The van der Waals surface area contributed by atoms with Gasteiger partial charge in [0.2, 0.25) is 0 Å². The Morgan fingerprint density at radius 1 is 0.643 bits per heavy atom. The first-order valence-electron chi connectivity index (χ1n) is 15.6. The van der Waals surface area contributed by atoms with E-state index in [0.29, 0.717) is 31.0 Å². The summed E-state index contributed by atoms with van der Waals surface area (Å²) in [6.45, 7) is 2.45. The number of benzene rings is 3. The van der Waals surface area contributed by atoms with Crippen LogP contribution < -0.4 is 0 Å². The molecule has 0 aliphatic carbocycles. The van der Waals surface area contributed by atoms with E-state index in [0.717, 1.165) is 50.5 Å². The number of ether oxygens (including phenoxy) is 3. The molecule has 1 N–H and O–H groups in total. The molecule has 0 radical (unpaired) electrons. The summed E-state index contributed by atoms with van der Waals surface area (Å²) in [5.74, 6) is 2.49. The highest BCUT2D eigenvalue weighted by molar-refractivity contribution is 8.17. The van der Waals surface area contributed by atoms with Crippen LogP contribution in [-0.4, -0.2) is 46.1 Å². The number of rotatable bonds is 20. The van der Waals surface area contributed by atoms with E-state index in [1.165, 1.54) is 29.1 Å². The van der Waals surface area contributed by atoms with Gasteiger partial charge in [0.05, 0.1) is 42.7 Å². The van der Waals surface area contributed by atoms with Gasteiger partial charge in [0.25, 0.3) is 0 Å². The Kier molecular flexibility index (Phi) is 15.9. The van der Waals surface area contributed by atoms with Gasteiger partial charge in [-0.25, -0.2) is 0 Å². The molecule has 0 bridgehead atoms. The summed E-state index contributed by atoms with van der Waals surface area (Å²) in [5.41, 5.74) is 3.54. The van der Waals surface area contributed by atoms with E-state index in [-0.39, 0.29) is 12.2 Å². The van der Waals surface area contributed by atoms with Gasteiger partial charge in [0, 0.05) is 6.61 Å². The van der Waals surface area contributed by atoms with E-state index in [1.54, 1.807) is 0 Å². The molecule has 3 aromatic rings. The van der Waals surface area contributed by atoms with Gasteiger partial charge < -0.3 is 19.3 Å². The van der Waals surface area contributed by atoms with Crippen molar-refractivity contribution in [3.63, 3.8) is 0 Å². The van der Waals surface area contributed by atoms with Crippen molar-refractivity contribution < 1.29 is 19.3 Å². The highest BCUT2D eigenvalue weighted by atomic mass is 32.2. The smallest absolute Gasteiger partial charge is 0.0838 e. The first kappa shape index (κ1) is 33.1. The molecule has 228 valence electrons. The predicted molar refractivity (Wildman–Crippen MR) is 178 cm³/mol. The van der Waals surface area contributed by atoms with Crippen LogP contribution in [0.4, 0.5) is 0 Å². The number of unbranched alkanes of at least 4 members (excludes halogenated alkanes) is 1. The van der Waals surface area contributed by atoms with E-state index in [9.17, 15) is 5.11 Å². The first-order valence-corrected chi connectivity index (χ1v) is 17.7. The van der Waals surface area contributed by atoms with E-state index < -0.39 is 6.10 Å². The van der Waals surface area contributed by atoms with Gasteiger partial charge in [0.1, 0.15) is 0 Å². The fourth-order valence-corrected chi connectivity index (χ4v) is 8.05. The molecule has 1 saturated heterocycles. The molecule has 42 heavy (non-hydrogen) atoms. The molecule has 0 aromatic heterocycles. The third-order valence-electron chi connectivity index (χ3n) is 7.62. The number of hydrogen-bond acceptors (Lipinski definition) is 6. The van der Waals surface area contributed by atoms with E-state index >= 15 is 0 Å². The maximum Gasteiger partial charge on any atom is 0.0838 e. The van der Waals surface area contributed by atoms with Crippen molar-refractivity contribution in [3.05, 3.63) is 108 Å². The normalized spacial score (nSPS) is 16.2. The number of aliphatic hydroxyl groups excluding tert-OH is 1. The molecule has 4 rings (SSSR count). The molecule has 3 aromatic carbocycles. The lowest BCUT2D eigenvalue weighted by atomic mass is 10.0. The van der Waals surface area contributed by atoms with Crippen LogP contribution in [0.2, 0.25) is 0 Å². The van der Waals surface area contributed by atoms with Crippen molar-refractivity contribution in [2.45, 2.75) is 94.1 Å². The lowest BCUT2D eigenvalue weighted by Crippen LogP contribution is -2.30. The second-order valence-corrected chi connectivity index (χ2v) is 14.0. The molecule has 1 heterocycles. The van der Waals surface area contributed by atoms with Gasteiger partial charge >= 0.3 is 0 Å². The molecule has 1 aliphatic rings. The molecule has 1 fully saturated rings. The number of thioether (sulfide) groups is 2. The topological polar surface area (TPSA) is 47.9 Å². The van der Waals surface area contributed by atoms with Crippen LogP contribution in [0.15, 0.2) is 91.0 Å². The van der Waals surface area contributed by atoms with Crippen molar-refractivity contribution in [3.8, 4) is 0 Å². The maximum atomic E-state index is 11.2. The van der Waals surface area contributed by atoms with Crippen molar-refractivity contribution in [2.75, 3.05) is 18.1 Å². The molecule has 0 amide bonds. The Bertz CT molecular complexity index is 1060. The summed E-state index contributed by atoms with van der Waals surface area (Å²) < 4.78 is 19.3. The molecule has 4 nitrogen and oxygen atoms in total. The minimum atomic E-state index is -0.437. The van der Waals surface area contributed by atoms with Crippen LogP contribution in [0.1, 0.15) is 68.1 Å². The summed E-state index contributed by atoms with van der Waals surface area (Å²) in [6.07, 6.45) is 7.41. The summed E-state index contributed by atoms with van der Waals surface area (Å²) in [6, 6.07) is 31.0. The fraction of sp³-hybridized carbons (Fsp3) is 0.500. The molecule has 6 heteroatoms. The van der Waals surface area contributed by atoms with Gasteiger partial charge in [-0.15, -0.1) is 23.5 Å².